The monoisotopic (exact) mass is 372 g/mol. The Morgan fingerprint density at radius 2 is 1.93 bits per heavy atom. The van der Waals surface area contributed by atoms with Crippen LogP contribution in [0.15, 0.2) is 60.9 Å². The zero-order valence-corrected chi connectivity index (χ0v) is 16.1. The van der Waals surface area contributed by atoms with Crippen LogP contribution in [0.25, 0.3) is 22.0 Å². The number of ether oxygens (including phenoxy) is 1. The molecule has 0 saturated carbocycles. The number of H-pyrrole nitrogens is 1. The molecule has 0 aliphatic heterocycles. The molecule has 0 radical (unpaired) electrons. The first-order valence-corrected chi connectivity index (χ1v) is 9.42. The third-order valence-corrected chi connectivity index (χ3v) is 4.84. The van der Waals surface area contributed by atoms with E-state index in [9.17, 15) is 0 Å². The predicted octanol–water partition coefficient (Wildman–Crippen LogP) is 4.19. The minimum absolute atomic E-state index is 0.0737. The predicted molar refractivity (Wildman–Crippen MR) is 112 cm³/mol. The summed E-state index contributed by atoms with van der Waals surface area (Å²) in [5.74, 6) is 0.723. The van der Waals surface area contributed by atoms with Crippen LogP contribution in [-0.4, -0.2) is 27.8 Å². The van der Waals surface area contributed by atoms with E-state index in [0.717, 1.165) is 39.9 Å². The van der Waals surface area contributed by atoms with Crippen LogP contribution in [0.5, 0.6) is 5.75 Å². The molecule has 1 atom stereocenters. The summed E-state index contributed by atoms with van der Waals surface area (Å²) in [5, 5.41) is 8.40. The van der Waals surface area contributed by atoms with Crippen molar-refractivity contribution in [1.82, 2.24) is 15.2 Å². The van der Waals surface area contributed by atoms with Crippen molar-refractivity contribution in [2.75, 3.05) is 6.61 Å². The number of aromatic amines is 1. The summed E-state index contributed by atoms with van der Waals surface area (Å²) in [7, 11) is 0. The average molecular weight is 372 g/mol. The highest BCUT2D eigenvalue weighted by molar-refractivity contribution is 5.86. The molecule has 0 aliphatic rings. The molecule has 0 spiro atoms. The van der Waals surface area contributed by atoms with Crippen molar-refractivity contribution in [1.29, 1.82) is 0 Å². The topological polar surface area (TPSA) is 76.8 Å². The molecule has 0 bridgehead atoms. The Kier molecular flexibility index (Phi) is 5.08. The molecule has 2 heterocycles. The van der Waals surface area contributed by atoms with E-state index in [1.165, 1.54) is 11.1 Å². The molecule has 4 aromatic rings. The summed E-state index contributed by atoms with van der Waals surface area (Å²) >= 11 is 0. The number of fused-ring (bicyclic) bond motifs is 1. The molecule has 28 heavy (non-hydrogen) atoms. The van der Waals surface area contributed by atoms with Crippen molar-refractivity contribution in [2.45, 2.75) is 26.3 Å². The molecular weight excluding hydrogens is 348 g/mol. The number of hydrogen-bond donors (Lipinski definition) is 2. The standard InChI is InChI=1S/C23H24N4O/c1-15-4-3-5-17(8-15)9-20(24)14-28-21-10-19(12-25-13-21)18-6-7-23-22(11-18)16(2)26-27-23/h3-8,10-13,20H,9,14,24H2,1-2H3,(H,26,27)/t20-/m0/s1. The largest absolute Gasteiger partial charge is 0.490 e. The van der Waals surface area contributed by atoms with Crippen LogP contribution < -0.4 is 10.5 Å². The van der Waals surface area contributed by atoms with E-state index >= 15 is 0 Å². The van der Waals surface area contributed by atoms with Gasteiger partial charge in [0.1, 0.15) is 12.4 Å². The van der Waals surface area contributed by atoms with E-state index in [0.29, 0.717) is 6.61 Å². The van der Waals surface area contributed by atoms with Crippen LogP contribution in [0, 0.1) is 13.8 Å². The molecule has 0 unspecified atom stereocenters. The maximum absolute atomic E-state index is 6.26. The van der Waals surface area contributed by atoms with Gasteiger partial charge < -0.3 is 10.5 Å². The smallest absolute Gasteiger partial charge is 0.138 e. The van der Waals surface area contributed by atoms with Crippen molar-refractivity contribution >= 4 is 10.9 Å². The van der Waals surface area contributed by atoms with Gasteiger partial charge in [-0.1, -0.05) is 35.9 Å². The third kappa shape index (κ3) is 4.05. The van der Waals surface area contributed by atoms with Gasteiger partial charge in [-0.25, -0.2) is 0 Å². The molecule has 5 heteroatoms. The Balaban J connectivity index is 1.45. The Hall–Kier alpha value is -3.18. The summed E-state index contributed by atoms with van der Waals surface area (Å²) in [6, 6.07) is 16.6. The second-order valence-electron chi connectivity index (χ2n) is 7.24. The Labute approximate surface area is 164 Å². The molecule has 142 valence electrons. The summed E-state index contributed by atoms with van der Waals surface area (Å²) < 4.78 is 5.92. The number of hydrogen-bond acceptors (Lipinski definition) is 4. The molecule has 0 aliphatic carbocycles. The van der Waals surface area contributed by atoms with Gasteiger partial charge >= 0.3 is 0 Å². The first-order valence-electron chi connectivity index (χ1n) is 9.42. The Bertz CT molecular complexity index is 1100. The normalized spacial score (nSPS) is 12.2. The minimum atomic E-state index is -0.0737. The fourth-order valence-corrected chi connectivity index (χ4v) is 3.38. The minimum Gasteiger partial charge on any atom is -0.490 e. The Morgan fingerprint density at radius 3 is 2.79 bits per heavy atom. The van der Waals surface area contributed by atoms with Gasteiger partial charge in [0.25, 0.3) is 0 Å². The fraction of sp³-hybridized carbons (Fsp3) is 0.217. The SMILES string of the molecule is Cc1cccc(C[C@H](N)COc2cncc(-c3ccc4[nH]nc(C)c4c3)c2)c1. The summed E-state index contributed by atoms with van der Waals surface area (Å²) in [4.78, 5) is 4.34. The highest BCUT2D eigenvalue weighted by atomic mass is 16.5. The molecule has 3 N–H and O–H groups in total. The molecule has 0 saturated heterocycles. The highest BCUT2D eigenvalue weighted by Crippen LogP contribution is 2.27. The molecular formula is C23H24N4O. The molecule has 2 aromatic heterocycles. The number of rotatable bonds is 6. The number of aromatic nitrogens is 3. The van der Waals surface area contributed by atoms with Crippen LogP contribution in [0.4, 0.5) is 0 Å². The van der Waals surface area contributed by atoms with E-state index in [-0.39, 0.29) is 6.04 Å². The highest BCUT2D eigenvalue weighted by Gasteiger charge is 2.08. The van der Waals surface area contributed by atoms with Gasteiger partial charge in [-0.3, -0.25) is 10.1 Å². The third-order valence-electron chi connectivity index (χ3n) is 4.84. The number of nitrogens with one attached hydrogen (secondary N) is 1. The van der Waals surface area contributed by atoms with Crippen molar-refractivity contribution in [3.05, 3.63) is 77.7 Å². The molecule has 5 nitrogen and oxygen atoms in total. The van der Waals surface area contributed by atoms with Gasteiger partial charge in [-0.2, -0.15) is 5.10 Å². The van der Waals surface area contributed by atoms with Gasteiger partial charge in [0.15, 0.2) is 0 Å². The lowest BCUT2D eigenvalue weighted by atomic mass is 10.0. The van der Waals surface area contributed by atoms with Crippen molar-refractivity contribution in [3.63, 3.8) is 0 Å². The van der Waals surface area contributed by atoms with E-state index in [2.05, 4.69) is 58.5 Å². The zero-order chi connectivity index (χ0) is 19.5. The van der Waals surface area contributed by atoms with Crippen LogP contribution in [0.2, 0.25) is 0 Å². The lowest BCUT2D eigenvalue weighted by Crippen LogP contribution is -2.30. The van der Waals surface area contributed by atoms with Crippen LogP contribution >= 0.6 is 0 Å². The number of aryl methyl sites for hydroxylation is 2. The number of pyridine rings is 1. The second-order valence-corrected chi connectivity index (χ2v) is 7.24. The lowest BCUT2D eigenvalue weighted by Gasteiger charge is -2.14. The first-order chi connectivity index (χ1) is 13.6. The van der Waals surface area contributed by atoms with Gasteiger partial charge in [0.05, 0.1) is 17.4 Å². The van der Waals surface area contributed by atoms with Crippen LogP contribution in [-0.2, 0) is 6.42 Å². The first kappa shape index (κ1) is 18.2. The molecule has 0 amide bonds. The van der Waals surface area contributed by atoms with E-state index in [1.807, 2.05) is 25.3 Å². The van der Waals surface area contributed by atoms with Gasteiger partial charge in [-0.05, 0) is 49.6 Å². The van der Waals surface area contributed by atoms with E-state index in [4.69, 9.17) is 10.5 Å². The number of nitrogens with two attached hydrogens (primary N) is 1. The summed E-state index contributed by atoms with van der Waals surface area (Å²) in [6.45, 7) is 4.53. The van der Waals surface area contributed by atoms with E-state index in [1.54, 1.807) is 6.20 Å². The van der Waals surface area contributed by atoms with Gasteiger partial charge in [0, 0.05) is 23.2 Å². The van der Waals surface area contributed by atoms with Gasteiger partial charge in [0.2, 0.25) is 0 Å². The fourth-order valence-electron chi connectivity index (χ4n) is 3.38. The van der Waals surface area contributed by atoms with Crippen molar-refractivity contribution in [3.8, 4) is 16.9 Å². The summed E-state index contributed by atoms with van der Waals surface area (Å²) in [5.41, 5.74) is 12.8. The lowest BCUT2D eigenvalue weighted by molar-refractivity contribution is 0.286. The maximum Gasteiger partial charge on any atom is 0.138 e. The molecule has 4 rings (SSSR count). The zero-order valence-electron chi connectivity index (χ0n) is 16.1. The number of nitrogens with zero attached hydrogens (tertiary/aromatic N) is 2. The van der Waals surface area contributed by atoms with Crippen LogP contribution in [0.3, 0.4) is 0 Å². The van der Waals surface area contributed by atoms with E-state index < -0.39 is 0 Å². The molecule has 0 fully saturated rings. The number of benzene rings is 2. The van der Waals surface area contributed by atoms with Crippen molar-refractivity contribution in [2.24, 2.45) is 5.73 Å². The maximum atomic E-state index is 6.26. The van der Waals surface area contributed by atoms with Crippen molar-refractivity contribution < 1.29 is 4.74 Å². The van der Waals surface area contributed by atoms with Crippen LogP contribution in [0.1, 0.15) is 16.8 Å². The summed E-state index contributed by atoms with van der Waals surface area (Å²) in [6.07, 6.45) is 4.35. The van der Waals surface area contributed by atoms with Gasteiger partial charge in [-0.15, -0.1) is 0 Å². The second kappa shape index (κ2) is 7.82. The Morgan fingerprint density at radius 1 is 1.04 bits per heavy atom. The average Bonchev–Trinajstić information content (AvgIpc) is 3.07. The quantitative estimate of drug-likeness (QED) is 0.532. The molecule has 2 aromatic carbocycles.